The highest BCUT2D eigenvalue weighted by Crippen LogP contribution is 2.28. The van der Waals surface area contributed by atoms with Crippen LogP contribution in [0, 0.1) is 19.7 Å². The molecule has 2 N–H and O–H groups in total. The Hall–Kier alpha value is -1.05. The van der Waals surface area contributed by atoms with E-state index in [0.29, 0.717) is 0 Å². The van der Waals surface area contributed by atoms with E-state index < -0.39 is 0 Å². The number of anilines is 1. The van der Waals surface area contributed by atoms with E-state index >= 15 is 0 Å². The lowest BCUT2D eigenvalue weighted by Crippen LogP contribution is -2.03. The highest BCUT2D eigenvalue weighted by Gasteiger charge is 2.14. The summed E-state index contributed by atoms with van der Waals surface area (Å²) in [5.74, 6) is -0.0692. The van der Waals surface area contributed by atoms with Crippen LogP contribution in [0.2, 0.25) is 0 Å². The fourth-order valence-corrected chi connectivity index (χ4v) is 1.62. The molecule has 1 nitrogen and oxygen atoms in total. The summed E-state index contributed by atoms with van der Waals surface area (Å²) in [6.07, 6.45) is 0. The van der Waals surface area contributed by atoms with Crippen LogP contribution in [-0.2, 0) is 0 Å². The summed E-state index contributed by atoms with van der Waals surface area (Å²) in [4.78, 5) is 0. The van der Waals surface area contributed by atoms with Gasteiger partial charge in [0.25, 0.3) is 0 Å². The van der Waals surface area contributed by atoms with Gasteiger partial charge in [-0.2, -0.15) is 0 Å². The smallest absolute Gasteiger partial charge is 0.149 e. The third-order valence-electron chi connectivity index (χ3n) is 2.43. The summed E-state index contributed by atoms with van der Waals surface area (Å²) in [5.41, 5.74) is 8.63. The highest BCUT2D eigenvalue weighted by molar-refractivity contribution is 5.51. The second-order valence-corrected chi connectivity index (χ2v) is 3.79. The molecule has 0 fully saturated rings. The zero-order chi connectivity index (χ0) is 10.2. The molecule has 0 aliphatic rings. The monoisotopic (exact) mass is 181 g/mol. The Morgan fingerprint density at radius 2 is 1.85 bits per heavy atom. The van der Waals surface area contributed by atoms with E-state index in [1.807, 2.05) is 27.7 Å². The zero-order valence-corrected chi connectivity index (χ0v) is 8.61. The zero-order valence-electron chi connectivity index (χ0n) is 8.61. The van der Waals surface area contributed by atoms with Gasteiger partial charge in [0.15, 0.2) is 0 Å². The number of benzene rings is 1. The van der Waals surface area contributed by atoms with Gasteiger partial charge in [0.05, 0.1) is 5.69 Å². The first kappa shape index (κ1) is 10.0. The van der Waals surface area contributed by atoms with Crippen molar-refractivity contribution in [3.05, 3.63) is 28.6 Å². The number of halogens is 1. The van der Waals surface area contributed by atoms with Crippen LogP contribution >= 0.6 is 0 Å². The van der Waals surface area contributed by atoms with Crippen molar-refractivity contribution in [2.24, 2.45) is 0 Å². The Bertz CT molecular complexity index is 303. The maximum absolute atomic E-state index is 13.6. The molecule has 0 unspecified atom stereocenters. The predicted octanol–water partition coefficient (Wildman–Crippen LogP) is 3.15. The molecule has 0 bridgehead atoms. The Morgan fingerprint density at radius 3 is 2.31 bits per heavy atom. The topological polar surface area (TPSA) is 26.0 Å². The molecule has 0 atom stereocenters. The van der Waals surface area contributed by atoms with E-state index in [1.165, 1.54) is 0 Å². The van der Waals surface area contributed by atoms with Gasteiger partial charge in [-0.1, -0.05) is 13.8 Å². The summed E-state index contributed by atoms with van der Waals surface area (Å²) in [6.45, 7) is 7.85. The van der Waals surface area contributed by atoms with Gasteiger partial charge < -0.3 is 5.73 Å². The van der Waals surface area contributed by atoms with Crippen molar-refractivity contribution in [3.63, 3.8) is 0 Å². The van der Waals surface area contributed by atoms with Crippen LogP contribution < -0.4 is 5.73 Å². The van der Waals surface area contributed by atoms with E-state index in [0.717, 1.165) is 16.7 Å². The molecule has 2 heteroatoms. The molecule has 1 aromatic rings. The van der Waals surface area contributed by atoms with Crippen LogP contribution in [-0.4, -0.2) is 0 Å². The average molecular weight is 181 g/mol. The lowest BCUT2D eigenvalue weighted by atomic mass is 9.93. The van der Waals surface area contributed by atoms with Crippen molar-refractivity contribution in [3.8, 4) is 0 Å². The first-order chi connectivity index (χ1) is 5.95. The van der Waals surface area contributed by atoms with Crippen LogP contribution in [0.15, 0.2) is 6.07 Å². The minimum atomic E-state index is -0.252. The van der Waals surface area contributed by atoms with Crippen molar-refractivity contribution in [1.29, 1.82) is 0 Å². The van der Waals surface area contributed by atoms with Crippen LogP contribution in [0.5, 0.6) is 0 Å². The molecular weight excluding hydrogens is 165 g/mol. The first-order valence-corrected chi connectivity index (χ1v) is 4.50. The lowest BCUT2D eigenvalue weighted by molar-refractivity contribution is 0.599. The Labute approximate surface area is 78.8 Å². The van der Waals surface area contributed by atoms with Crippen molar-refractivity contribution in [2.45, 2.75) is 33.6 Å². The molecular formula is C11H16FN. The van der Waals surface area contributed by atoms with Crippen molar-refractivity contribution < 1.29 is 4.39 Å². The molecule has 13 heavy (non-hydrogen) atoms. The van der Waals surface area contributed by atoms with E-state index in [-0.39, 0.29) is 17.4 Å². The van der Waals surface area contributed by atoms with E-state index in [4.69, 9.17) is 5.73 Å². The van der Waals surface area contributed by atoms with Crippen molar-refractivity contribution in [2.75, 3.05) is 5.73 Å². The SMILES string of the molecule is Cc1cc(N)c(F)c(C(C)C)c1C. The molecule has 0 saturated heterocycles. The summed E-state index contributed by atoms with van der Waals surface area (Å²) in [6, 6.07) is 1.69. The standard InChI is InChI=1S/C11H16FN/c1-6(2)10-8(4)7(3)5-9(13)11(10)12/h5-6H,13H2,1-4H3. The average Bonchev–Trinajstić information content (AvgIpc) is 2.01. The maximum Gasteiger partial charge on any atom is 0.149 e. The molecule has 1 aromatic carbocycles. The largest absolute Gasteiger partial charge is 0.396 e. The van der Waals surface area contributed by atoms with Crippen LogP contribution in [0.3, 0.4) is 0 Å². The molecule has 0 spiro atoms. The fraction of sp³-hybridized carbons (Fsp3) is 0.455. The summed E-state index contributed by atoms with van der Waals surface area (Å²) >= 11 is 0. The second kappa shape index (κ2) is 3.36. The quantitative estimate of drug-likeness (QED) is 0.662. The number of nitrogen functional groups attached to an aromatic ring is 1. The van der Waals surface area contributed by atoms with Gasteiger partial charge in [0.2, 0.25) is 0 Å². The fourth-order valence-electron chi connectivity index (χ4n) is 1.62. The molecule has 72 valence electrons. The minimum absolute atomic E-state index is 0.183. The number of nitrogens with two attached hydrogens (primary N) is 1. The van der Waals surface area contributed by atoms with Gasteiger partial charge in [0.1, 0.15) is 5.82 Å². The van der Waals surface area contributed by atoms with Gasteiger partial charge in [-0.05, 0) is 42.5 Å². The molecule has 1 rings (SSSR count). The predicted molar refractivity (Wildman–Crippen MR) is 54.4 cm³/mol. The number of rotatable bonds is 1. The van der Waals surface area contributed by atoms with E-state index in [1.54, 1.807) is 6.07 Å². The third-order valence-corrected chi connectivity index (χ3v) is 2.43. The van der Waals surface area contributed by atoms with E-state index in [2.05, 4.69) is 0 Å². The summed E-state index contributed by atoms with van der Waals surface area (Å²) in [7, 11) is 0. The van der Waals surface area contributed by atoms with Gasteiger partial charge >= 0.3 is 0 Å². The first-order valence-electron chi connectivity index (χ1n) is 4.50. The van der Waals surface area contributed by atoms with E-state index in [9.17, 15) is 4.39 Å². The number of aryl methyl sites for hydroxylation is 1. The third kappa shape index (κ3) is 1.67. The summed E-state index contributed by atoms with van der Waals surface area (Å²) < 4.78 is 13.6. The normalized spacial score (nSPS) is 10.9. The minimum Gasteiger partial charge on any atom is -0.396 e. The Morgan fingerprint density at radius 1 is 1.31 bits per heavy atom. The molecule has 0 radical (unpaired) electrons. The van der Waals surface area contributed by atoms with Gasteiger partial charge in [-0.15, -0.1) is 0 Å². The lowest BCUT2D eigenvalue weighted by Gasteiger charge is -2.14. The maximum atomic E-state index is 13.6. The van der Waals surface area contributed by atoms with Crippen LogP contribution in [0.4, 0.5) is 10.1 Å². The van der Waals surface area contributed by atoms with Crippen LogP contribution in [0.25, 0.3) is 0 Å². The van der Waals surface area contributed by atoms with Crippen molar-refractivity contribution in [1.82, 2.24) is 0 Å². The van der Waals surface area contributed by atoms with Gasteiger partial charge in [-0.25, -0.2) is 4.39 Å². The van der Waals surface area contributed by atoms with Gasteiger partial charge in [-0.3, -0.25) is 0 Å². The molecule has 0 heterocycles. The summed E-state index contributed by atoms with van der Waals surface area (Å²) in [5, 5.41) is 0. The van der Waals surface area contributed by atoms with Gasteiger partial charge in [0, 0.05) is 0 Å². The Balaban J connectivity index is 3.46. The number of hydrogen-bond acceptors (Lipinski definition) is 1. The van der Waals surface area contributed by atoms with Crippen LogP contribution in [0.1, 0.15) is 36.5 Å². The number of hydrogen-bond donors (Lipinski definition) is 1. The second-order valence-electron chi connectivity index (χ2n) is 3.79. The molecule has 0 aliphatic carbocycles. The molecule has 0 saturated carbocycles. The molecule has 0 aromatic heterocycles. The van der Waals surface area contributed by atoms with Crippen molar-refractivity contribution >= 4 is 5.69 Å². The molecule has 0 amide bonds. The Kier molecular flexibility index (Phi) is 2.60. The molecule has 0 aliphatic heterocycles. The highest BCUT2D eigenvalue weighted by atomic mass is 19.1.